The van der Waals surface area contributed by atoms with Crippen molar-refractivity contribution >= 4 is 23.8 Å². The Kier molecular flexibility index (Phi) is 8.99. The Bertz CT molecular complexity index is 1350. The summed E-state index contributed by atoms with van der Waals surface area (Å²) in [5, 5.41) is 57.7. The predicted octanol–water partition coefficient (Wildman–Crippen LogP) is -1.53. The summed E-state index contributed by atoms with van der Waals surface area (Å²) in [4.78, 5) is 56.1. The highest BCUT2D eigenvalue weighted by Gasteiger charge is 2.32. The van der Waals surface area contributed by atoms with Crippen molar-refractivity contribution in [3.05, 3.63) is 65.8 Å². The molecule has 0 radical (unpaired) electrons. The molecule has 0 saturated heterocycles. The Morgan fingerprint density at radius 1 is 0.650 bits per heavy atom. The average Bonchev–Trinajstić information content (AvgIpc) is 3.67. The molecular weight excluding hydrogens is 548 g/mol. The van der Waals surface area contributed by atoms with Crippen molar-refractivity contribution in [1.29, 1.82) is 0 Å². The molecule has 0 aliphatic carbocycles. The normalized spacial score (nSPS) is 10.9. The van der Waals surface area contributed by atoms with Gasteiger partial charge in [0, 0.05) is 9.97 Å². The molecule has 0 atom stereocenters. The molecule has 26 nitrogen and oxygen atoms in total. The fourth-order valence-corrected chi connectivity index (χ4v) is 2.91. The number of hydrogen-bond donors (Lipinski definition) is 0. The van der Waals surface area contributed by atoms with Gasteiger partial charge in [0.15, 0.2) is 13.3 Å². The van der Waals surface area contributed by atoms with Crippen LogP contribution in [0.25, 0.3) is 0 Å². The highest BCUT2D eigenvalue weighted by Crippen LogP contribution is 2.16. The van der Waals surface area contributed by atoms with Crippen LogP contribution in [0.3, 0.4) is 0 Å². The standard InChI is InChI=1S/C7H7N11O8.C7H11N7/c1-12(2-13-6(17(23)24)8-4(10-13)15(19)20)3-14-7(18(25)26)9-5(11-14)16(21)22;1-12(6-13-4-8-2-10-13)7-14-5-9-3-11-14/h2-3H2,1H3;2-5H,6-7H2,1H3. The van der Waals surface area contributed by atoms with Gasteiger partial charge in [0.2, 0.25) is 0 Å². The number of rotatable bonds is 12. The third kappa shape index (κ3) is 7.55. The maximum atomic E-state index is 10.9. The topological polar surface area (TPSA) is 302 Å². The van der Waals surface area contributed by atoms with Crippen LogP contribution in [0.5, 0.6) is 0 Å². The molecule has 0 unspecified atom stereocenters. The maximum Gasteiger partial charge on any atom is 0.508 e. The molecule has 0 aromatic carbocycles. The number of aromatic nitrogens is 12. The molecule has 4 rings (SSSR count). The van der Waals surface area contributed by atoms with Gasteiger partial charge in [-0.25, -0.2) is 24.2 Å². The van der Waals surface area contributed by atoms with Crippen LogP contribution in [-0.4, -0.2) is 103 Å². The molecule has 4 aromatic heterocycles. The van der Waals surface area contributed by atoms with Gasteiger partial charge < -0.3 is 40.5 Å². The van der Waals surface area contributed by atoms with Gasteiger partial charge in [-0.1, -0.05) is 9.36 Å². The fourth-order valence-electron chi connectivity index (χ4n) is 2.91. The van der Waals surface area contributed by atoms with Crippen molar-refractivity contribution in [2.24, 2.45) is 0 Å². The Hall–Kier alpha value is -5.92. The third-order valence-corrected chi connectivity index (χ3v) is 4.39. The smallest absolute Gasteiger partial charge is 0.390 e. The van der Waals surface area contributed by atoms with E-state index in [0.29, 0.717) is 22.7 Å². The lowest BCUT2D eigenvalue weighted by atomic mass is 10.7. The highest BCUT2D eigenvalue weighted by molar-refractivity contribution is 5.15. The summed E-state index contributed by atoms with van der Waals surface area (Å²) in [5.41, 5.74) is 0. The van der Waals surface area contributed by atoms with E-state index < -0.39 is 56.8 Å². The van der Waals surface area contributed by atoms with E-state index >= 15 is 0 Å². The first-order valence-electron chi connectivity index (χ1n) is 10.4. The van der Waals surface area contributed by atoms with Gasteiger partial charge in [0.1, 0.15) is 25.3 Å². The summed E-state index contributed by atoms with van der Waals surface area (Å²) in [6, 6.07) is 0. The summed E-state index contributed by atoms with van der Waals surface area (Å²) < 4.78 is 4.65. The average molecular weight is 566 g/mol. The molecule has 0 N–H and O–H groups in total. The second-order valence-corrected chi connectivity index (χ2v) is 7.60. The Morgan fingerprint density at radius 2 is 1.02 bits per heavy atom. The van der Waals surface area contributed by atoms with Crippen LogP contribution in [0.1, 0.15) is 0 Å². The molecule has 4 heterocycles. The molecule has 0 aliphatic rings. The summed E-state index contributed by atoms with van der Waals surface area (Å²) in [6.45, 7) is 0.448. The molecule has 0 spiro atoms. The number of hydrogen-bond acceptors (Lipinski definition) is 18. The first kappa shape index (κ1) is 28.6. The van der Waals surface area contributed by atoms with Crippen LogP contribution in [0.2, 0.25) is 0 Å². The minimum Gasteiger partial charge on any atom is -0.390 e. The van der Waals surface area contributed by atoms with Gasteiger partial charge in [0.05, 0.1) is 23.5 Å². The molecule has 0 saturated carbocycles. The van der Waals surface area contributed by atoms with E-state index in [1.54, 1.807) is 22.0 Å². The highest BCUT2D eigenvalue weighted by atomic mass is 16.6. The molecular formula is C14H18N18O8. The first-order chi connectivity index (χ1) is 18.9. The van der Waals surface area contributed by atoms with E-state index in [-0.39, 0.29) is 0 Å². The van der Waals surface area contributed by atoms with E-state index in [4.69, 9.17) is 0 Å². The summed E-state index contributed by atoms with van der Waals surface area (Å²) in [5.74, 6) is -3.87. The molecule has 0 aliphatic heterocycles. The number of nitro groups is 4. The van der Waals surface area contributed by atoms with E-state index in [0.717, 1.165) is 4.90 Å². The van der Waals surface area contributed by atoms with E-state index in [9.17, 15) is 40.5 Å². The van der Waals surface area contributed by atoms with Gasteiger partial charge in [-0.05, 0) is 33.8 Å². The zero-order chi connectivity index (χ0) is 29.4. The lowest BCUT2D eigenvalue weighted by molar-refractivity contribution is -0.404. The van der Waals surface area contributed by atoms with E-state index in [1.165, 1.54) is 19.7 Å². The second kappa shape index (κ2) is 12.6. The largest absolute Gasteiger partial charge is 0.508 e. The van der Waals surface area contributed by atoms with Crippen molar-refractivity contribution in [3.63, 3.8) is 0 Å². The lowest BCUT2D eigenvalue weighted by Gasteiger charge is -2.15. The van der Waals surface area contributed by atoms with E-state index in [2.05, 4.69) is 40.3 Å². The maximum absolute atomic E-state index is 10.9. The van der Waals surface area contributed by atoms with Crippen LogP contribution in [-0.2, 0) is 26.7 Å². The SMILES string of the molecule is CN(Cn1cncn1)Cn1cncn1.CN(Cn1nc([N+](=O)[O-])nc1[N+](=O)[O-])Cn1nc([N+](=O)[O-])nc1[N+](=O)[O-]. The van der Waals surface area contributed by atoms with Gasteiger partial charge in [-0.2, -0.15) is 10.2 Å². The van der Waals surface area contributed by atoms with Gasteiger partial charge in [-0.3, -0.25) is 4.90 Å². The monoisotopic (exact) mass is 566 g/mol. The molecule has 4 aromatic rings. The Labute approximate surface area is 219 Å². The molecule has 212 valence electrons. The van der Waals surface area contributed by atoms with Crippen LogP contribution < -0.4 is 0 Å². The van der Waals surface area contributed by atoms with Crippen molar-refractivity contribution in [3.8, 4) is 0 Å². The van der Waals surface area contributed by atoms with Gasteiger partial charge in [0.25, 0.3) is 0 Å². The summed E-state index contributed by atoms with van der Waals surface area (Å²) in [6.07, 6.45) is 6.39. The van der Waals surface area contributed by atoms with Crippen molar-refractivity contribution < 1.29 is 19.7 Å². The number of nitrogens with zero attached hydrogens (tertiary/aromatic N) is 18. The minimum absolute atomic E-state index is 0.456. The van der Waals surface area contributed by atoms with Crippen LogP contribution in [0.4, 0.5) is 23.8 Å². The predicted molar refractivity (Wildman–Crippen MR) is 122 cm³/mol. The van der Waals surface area contributed by atoms with Crippen LogP contribution >= 0.6 is 0 Å². The first-order valence-corrected chi connectivity index (χ1v) is 10.4. The second-order valence-electron chi connectivity index (χ2n) is 7.60. The zero-order valence-electron chi connectivity index (χ0n) is 20.5. The quantitative estimate of drug-likeness (QED) is 0.138. The summed E-state index contributed by atoms with van der Waals surface area (Å²) in [7, 11) is 3.28. The van der Waals surface area contributed by atoms with Crippen molar-refractivity contribution in [2.45, 2.75) is 26.7 Å². The summed E-state index contributed by atoms with van der Waals surface area (Å²) >= 11 is 0. The van der Waals surface area contributed by atoms with Crippen molar-refractivity contribution in [1.82, 2.24) is 68.9 Å². The minimum atomic E-state index is -1.03. The van der Waals surface area contributed by atoms with Crippen LogP contribution in [0, 0.1) is 40.5 Å². The van der Waals surface area contributed by atoms with E-state index in [1.807, 2.05) is 11.9 Å². The van der Waals surface area contributed by atoms with Gasteiger partial charge in [-0.15, -0.1) is 0 Å². The molecule has 0 fully saturated rings. The Balaban J connectivity index is 0.000000263. The fraction of sp³-hybridized carbons (Fsp3) is 0.429. The third-order valence-electron chi connectivity index (χ3n) is 4.39. The Morgan fingerprint density at radius 3 is 1.32 bits per heavy atom. The van der Waals surface area contributed by atoms with Crippen molar-refractivity contribution in [2.75, 3.05) is 14.1 Å². The molecule has 0 bridgehead atoms. The lowest BCUT2D eigenvalue weighted by Crippen LogP contribution is -2.27. The molecule has 0 amide bonds. The van der Waals surface area contributed by atoms with Gasteiger partial charge >= 0.3 is 23.8 Å². The molecule has 26 heteroatoms. The van der Waals surface area contributed by atoms with Crippen LogP contribution in [0.15, 0.2) is 25.3 Å². The molecule has 40 heavy (non-hydrogen) atoms. The zero-order valence-corrected chi connectivity index (χ0v) is 20.5.